The van der Waals surface area contributed by atoms with Crippen molar-refractivity contribution in [3.05, 3.63) is 0 Å². The minimum Gasteiger partial charge on any atom is -0.480 e. The molecule has 0 aliphatic heterocycles. The molecule has 0 heterocycles. The van der Waals surface area contributed by atoms with E-state index < -0.39 is 17.4 Å². The highest BCUT2D eigenvalue weighted by Gasteiger charge is 2.32. The van der Waals surface area contributed by atoms with Crippen molar-refractivity contribution in [2.45, 2.75) is 40.2 Å². The maximum Gasteiger partial charge on any atom is 0.326 e. The average molecular weight is 244 g/mol. The van der Waals surface area contributed by atoms with Gasteiger partial charge in [0, 0.05) is 19.9 Å². The van der Waals surface area contributed by atoms with Crippen molar-refractivity contribution in [1.82, 2.24) is 10.6 Å². The lowest BCUT2D eigenvalue weighted by molar-refractivity contribution is -0.145. The molecule has 0 aromatic carbocycles. The Morgan fingerprint density at radius 1 is 1.24 bits per heavy atom. The lowest BCUT2D eigenvalue weighted by Crippen LogP contribution is -2.49. The Morgan fingerprint density at radius 3 is 2.12 bits per heavy atom. The summed E-state index contributed by atoms with van der Waals surface area (Å²) in [6, 6.07) is -0.938. The van der Waals surface area contributed by atoms with Crippen LogP contribution in [0.2, 0.25) is 0 Å². The SMILES string of the molecule is CC(=O)NCCC(=O)NC(C(=O)O)C(C)(C)C. The first-order valence-corrected chi connectivity index (χ1v) is 5.41. The molecule has 0 radical (unpaired) electrons. The molecule has 2 amide bonds. The van der Waals surface area contributed by atoms with E-state index in [2.05, 4.69) is 10.6 Å². The van der Waals surface area contributed by atoms with E-state index in [1.54, 1.807) is 20.8 Å². The van der Waals surface area contributed by atoms with Gasteiger partial charge in [0.05, 0.1) is 0 Å². The molecule has 6 nitrogen and oxygen atoms in total. The number of carbonyl (C=O) groups is 3. The minimum atomic E-state index is -1.06. The summed E-state index contributed by atoms with van der Waals surface area (Å²) in [7, 11) is 0. The van der Waals surface area contributed by atoms with E-state index >= 15 is 0 Å². The first-order chi connectivity index (χ1) is 7.64. The summed E-state index contributed by atoms with van der Waals surface area (Å²) in [4.78, 5) is 33.0. The van der Waals surface area contributed by atoms with Crippen LogP contribution in [0.4, 0.5) is 0 Å². The zero-order valence-electron chi connectivity index (χ0n) is 10.7. The summed E-state index contributed by atoms with van der Waals surface area (Å²) in [5.41, 5.74) is -0.560. The summed E-state index contributed by atoms with van der Waals surface area (Å²) in [5, 5.41) is 13.9. The van der Waals surface area contributed by atoms with Crippen molar-refractivity contribution in [3.63, 3.8) is 0 Å². The Hall–Kier alpha value is -1.59. The summed E-state index contributed by atoms with van der Waals surface area (Å²) < 4.78 is 0. The number of carboxylic acid groups (broad SMARTS) is 1. The van der Waals surface area contributed by atoms with Crippen LogP contribution in [0.15, 0.2) is 0 Å². The van der Waals surface area contributed by atoms with E-state index in [1.165, 1.54) is 6.92 Å². The predicted molar refractivity (Wildman–Crippen MR) is 62.3 cm³/mol. The molecule has 0 bridgehead atoms. The Balaban J connectivity index is 4.24. The van der Waals surface area contributed by atoms with Crippen LogP contribution in [-0.2, 0) is 14.4 Å². The number of carbonyl (C=O) groups excluding carboxylic acids is 2. The third kappa shape index (κ3) is 6.55. The highest BCUT2D eigenvalue weighted by Crippen LogP contribution is 2.19. The van der Waals surface area contributed by atoms with E-state index in [-0.39, 0.29) is 24.8 Å². The molecular weight excluding hydrogens is 224 g/mol. The number of hydrogen-bond donors (Lipinski definition) is 3. The van der Waals surface area contributed by atoms with Gasteiger partial charge in [0.15, 0.2) is 0 Å². The largest absolute Gasteiger partial charge is 0.480 e. The summed E-state index contributed by atoms with van der Waals surface area (Å²) in [6.45, 7) is 6.77. The van der Waals surface area contributed by atoms with E-state index in [0.717, 1.165) is 0 Å². The number of aliphatic carboxylic acids is 1. The molecule has 1 unspecified atom stereocenters. The number of rotatable bonds is 5. The second-order valence-electron chi connectivity index (χ2n) is 4.94. The lowest BCUT2D eigenvalue weighted by atomic mass is 9.86. The van der Waals surface area contributed by atoms with E-state index in [9.17, 15) is 14.4 Å². The number of carboxylic acids is 1. The van der Waals surface area contributed by atoms with Gasteiger partial charge in [0.1, 0.15) is 6.04 Å². The van der Waals surface area contributed by atoms with Crippen LogP contribution in [0.3, 0.4) is 0 Å². The van der Waals surface area contributed by atoms with Crippen LogP contribution in [0.5, 0.6) is 0 Å². The molecule has 98 valence electrons. The molecule has 0 saturated carbocycles. The van der Waals surface area contributed by atoms with Crippen molar-refractivity contribution in [1.29, 1.82) is 0 Å². The highest BCUT2D eigenvalue weighted by molar-refractivity contribution is 5.84. The fourth-order valence-electron chi connectivity index (χ4n) is 1.23. The van der Waals surface area contributed by atoms with Gasteiger partial charge in [-0.2, -0.15) is 0 Å². The molecular formula is C11H20N2O4. The first kappa shape index (κ1) is 15.4. The van der Waals surface area contributed by atoms with Gasteiger partial charge in [-0.15, -0.1) is 0 Å². The van der Waals surface area contributed by atoms with Crippen LogP contribution < -0.4 is 10.6 Å². The second-order valence-corrected chi connectivity index (χ2v) is 4.94. The van der Waals surface area contributed by atoms with Crippen molar-refractivity contribution in [3.8, 4) is 0 Å². The van der Waals surface area contributed by atoms with Gasteiger partial charge in [-0.3, -0.25) is 9.59 Å². The Bertz CT molecular complexity index is 307. The Morgan fingerprint density at radius 2 is 1.76 bits per heavy atom. The van der Waals surface area contributed by atoms with Crippen LogP contribution in [0, 0.1) is 5.41 Å². The Kier molecular flexibility index (Phi) is 5.64. The lowest BCUT2D eigenvalue weighted by Gasteiger charge is -2.27. The van der Waals surface area contributed by atoms with E-state index in [4.69, 9.17) is 5.11 Å². The molecule has 6 heteroatoms. The molecule has 0 aliphatic carbocycles. The van der Waals surface area contributed by atoms with Gasteiger partial charge in [-0.1, -0.05) is 20.8 Å². The van der Waals surface area contributed by atoms with Crippen LogP contribution >= 0.6 is 0 Å². The maximum absolute atomic E-state index is 11.5. The monoisotopic (exact) mass is 244 g/mol. The van der Waals surface area contributed by atoms with Gasteiger partial charge in [-0.25, -0.2) is 4.79 Å². The van der Waals surface area contributed by atoms with Crippen LogP contribution in [0.25, 0.3) is 0 Å². The van der Waals surface area contributed by atoms with E-state index in [0.29, 0.717) is 0 Å². The molecule has 0 saturated heterocycles. The first-order valence-electron chi connectivity index (χ1n) is 5.41. The van der Waals surface area contributed by atoms with Crippen molar-refractivity contribution in [2.24, 2.45) is 5.41 Å². The zero-order valence-corrected chi connectivity index (χ0v) is 10.7. The second kappa shape index (κ2) is 6.22. The van der Waals surface area contributed by atoms with E-state index in [1.807, 2.05) is 0 Å². The minimum absolute atomic E-state index is 0.0689. The number of nitrogens with one attached hydrogen (secondary N) is 2. The van der Waals surface area contributed by atoms with Crippen LogP contribution in [0.1, 0.15) is 34.1 Å². The predicted octanol–water partition coefficient (Wildman–Crippen LogP) is 0.128. The summed E-state index contributed by atoms with van der Waals surface area (Å²) >= 11 is 0. The smallest absolute Gasteiger partial charge is 0.326 e. The normalized spacial score (nSPS) is 12.7. The molecule has 3 N–H and O–H groups in total. The molecule has 0 aromatic rings. The molecule has 0 aliphatic rings. The third-order valence-electron chi connectivity index (χ3n) is 2.14. The fraction of sp³-hybridized carbons (Fsp3) is 0.727. The number of hydrogen-bond acceptors (Lipinski definition) is 3. The van der Waals surface area contributed by atoms with Gasteiger partial charge >= 0.3 is 5.97 Å². The maximum atomic E-state index is 11.5. The molecule has 0 rings (SSSR count). The van der Waals surface area contributed by atoms with Gasteiger partial charge in [-0.05, 0) is 5.41 Å². The highest BCUT2D eigenvalue weighted by atomic mass is 16.4. The van der Waals surface area contributed by atoms with Gasteiger partial charge in [0.2, 0.25) is 11.8 Å². The molecule has 0 aromatic heterocycles. The molecule has 0 spiro atoms. The molecule has 17 heavy (non-hydrogen) atoms. The number of amides is 2. The molecule has 1 atom stereocenters. The topological polar surface area (TPSA) is 95.5 Å². The van der Waals surface area contributed by atoms with Crippen molar-refractivity contribution < 1.29 is 19.5 Å². The Labute approximate surface area is 101 Å². The third-order valence-corrected chi connectivity index (χ3v) is 2.14. The van der Waals surface area contributed by atoms with Crippen molar-refractivity contribution >= 4 is 17.8 Å². The molecule has 0 fully saturated rings. The van der Waals surface area contributed by atoms with Crippen molar-refractivity contribution in [2.75, 3.05) is 6.54 Å². The van der Waals surface area contributed by atoms with Gasteiger partial charge in [0.25, 0.3) is 0 Å². The standard InChI is InChI=1S/C11H20N2O4/c1-7(14)12-6-5-8(15)13-9(10(16)17)11(2,3)4/h9H,5-6H2,1-4H3,(H,12,14)(H,13,15)(H,16,17). The fourth-order valence-corrected chi connectivity index (χ4v) is 1.23. The summed E-state index contributed by atoms with van der Waals surface area (Å²) in [6.07, 6.45) is 0.0689. The summed E-state index contributed by atoms with van der Waals surface area (Å²) in [5.74, 6) is -1.67. The van der Waals surface area contributed by atoms with Crippen LogP contribution in [-0.4, -0.2) is 35.5 Å². The quantitative estimate of drug-likeness (QED) is 0.640. The average Bonchev–Trinajstić information content (AvgIpc) is 2.11. The zero-order chi connectivity index (χ0) is 13.6. The van der Waals surface area contributed by atoms with Gasteiger partial charge < -0.3 is 15.7 Å².